The van der Waals surface area contributed by atoms with Crippen molar-refractivity contribution in [1.82, 2.24) is 5.32 Å². The van der Waals surface area contributed by atoms with Gasteiger partial charge in [0.05, 0.1) is 21.3 Å². The molecule has 1 heterocycles. The number of methoxy groups -OCH3 is 3. The van der Waals surface area contributed by atoms with E-state index >= 15 is 0 Å². The molecule has 0 aliphatic carbocycles. The van der Waals surface area contributed by atoms with Crippen molar-refractivity contribution in [2.24, 2.45) is 0 Å². The van der Waals surface area contributed by atoms with E-state index < -0.39 is 0 Å². The summed E-state index contributed by atoms with van der Waals surface area (Å²) in [7, 11) is 4.82. The van der Waals surface area contributed by atoms with Gasteiger partial charge in [-0.05, 0) is 24.3 Å². The van der Waals surface area contributed by atoms with Gasteiger partial charge in [0.2, 0.25) is 11.5 Å². The normalized spacial score (nSPS) is 14.6. The first-order valence-corrected chi connectivity index (χ1v) is 8.77. The largest absolute Gasteiger partial charge is 0.493 e. The van der Waals surface area contributed by atoms with Gasteiger partial charge in [-0.15, -0.1) is 12.4 Å². The Bertz CT molecular complexity index is 721. The molecule has 0 saturated heterocycles. The molecule has 0 radical (unpaired) electrons. The van der Waals surface area contributed by atoms with E-state index in [0.717, 1.165) is 0 Å². The molecule has 0 aromatic heterocycles. The van der Waals surface area contributed by atoms with Crippen molar-refractivity contribution in [2.75, 3.05) is 47.6 Å². The maximum Gasteiger partial charge on any atom is 0.204 e. The predicted molar refractivity (Wildman–Crippen MR) is 108 cm³/mol. The zero-order valence-corrected chi connectivity index (χ0v) is 17.0. The van der Waals surface area contributed by atoms with Gasteiger partial charge in [0.15, 0.2) is 23.0 Å². The summed E-state index contributed by atoms with van der Waals surface area (Å²) >= 11 is 0. The fourth-order valence-electron chi connectivity index (χ4n) is 2.82. The van der Waals surface area contributed by atoms with Gasteiger partial charge in [0.25, 0.3) is 0 Å². The second-order valence-corrected chi connectivity index (χ2v) is 5.88. The van der Waals surface area contributed by atoms with Gasteiger partial charge in [-0.1, -0.05) is 12.1 Å². The van der Waals surface area contributed by atoms with Gasteiger partial charge >= 0.3 is 0 Å². The summed E-state index contributed by atoms with van der Waals surface area (Å²) in [5.41, 5.74) is 0. The fourth-order valence-corrected chi connectivity index (χ4v) is 2.82. The van der Waals surface area contributed by atoms with Crippen molar-refractivity contribution in [3.05, 3.63) is 36.4 Å². The lowest BCUT2D eigenvalue weighted by Crippen LogP contribution is -2.39. The Kier molecular flexibility index (Phi) is 8.35. The van der Waals surface area contributed by atoms with Gasteiger partial charge in [-0.25, -0.2) is 0 Å². The molecule has 2 aromatic rings. The molecule has 0 unspecified atom stereocenters. The predicted octanol–water partition coefficient (Wildman–Crippen LogP) is 2.94. The van der Waals surface area contributed by atoms with Crippen LogP contribution in [0.25, 0.3) is 0 Å². The van der Waals surface area contributed by atoms with E-state index in [1.54, 1.807) is 21.3 Å². The van der Waals surface area contributed by atoms with E-state index in [1.165, 1.54) is 0 Å². The molecule has 0 spiro atoms. The van der Waals surface area contributed by atoms with Crippen LogP contribution in [0.15, 0.2) is 36.4 Å². The molecule has 8 heteroatoms. The zero-order valence-electron chi connectivity index (χ0n) is 16.2. The average Bonchev–Trinajstić information content (AvgIpc) is 2.72. The van der Waals surface area contributed by atoms with Crippen molar-refractivity contribution in [3.8, 4) is 34.5 Å². The summed E-state index contributed by atoms with van der Waals surface area (Å²) in [6.07, 6.45) is -0.102. The Morgan fingerprint density at radius 2 is 1.61 bits per heavy atom. The van der Waals surface area contributed by atoms with Crippen LogP contribution in [0.4, 0.5) is 0 Å². The number of nitrogens with one attached hydrogen (secondary N) is 1. The van der Waals surface area contributed by atoms with Crippen LogP contribution in [0, 0.1) is 0 Å². The number of hydrogen-bond acceptors (Lipinski definition) is 7. The lowest BCUT2D eigenvalue weighted by atomic mass is 10.2. The van der Waals surface area contributed by atoms with Crippen LogP contribution in [0.2, 0.25) is 0 Å². The molecule has 0 bridgehead atoms. The molecule has 0 saturated carbocycles. The monoisotopic (exact) mass is 411 g/mol. The van der Waals surface area contributed by atoms with E-state index in [4.69, 9.17) is 28.4 Å². The molecule has 28 heavy (non-hydrogen) atoms. The van der Waals surface area contributed by atoms with Crippen LogP contribution < -0.4 is 33.7 Å². The quantitative estimate of drug-likeness (QED) is 0.636. The summed E-state index contributed by atoms with van der Waals surface area (Å²) < 4.78 is 33.6. The van der Waals surface area contributed by atoms with Crippen molar-refractivity contribution in [2.45, 2.75) is 6.10 Å². The topological polar surface area (TPSA) is 67.4 Å². The van der Waals surface area contributed by atoms with Crippen LogP contribution in [-0.4, -0.2) is 53.7 Å². The smallest absolute Gasteiger partial charge is 0.204 e. The third-order valence-corrected chi connectivity index (χ3v) is 4.15. The fraction of sp³-hybridized carbons (Fsp3) is 0.400. The summed E-state index contributed by atoms with van der Waals surface area (Å²) in [6, 6.07) is 11.1. The van der Waals surface area contributed by atoms with Gasteiger partial charge < -0.3 is 33.7 Å². The summed E-state index contributed by atoms with van der Waals surface area (Å²) in [4.78, 5) is 0. The third-order valence-electron chi connectivity index (χ3n) is 4.15. The minimum atomic E-state index is -0.102. The van der Waals surface area contributed by atoms with E-state index in [0.29, 0.717) is 60.8 Å². The van der Waals surface area contributed by atoms with E-state index in [9.17, 15) is 0 Å². The van der Waals surface area contributed by atoms with Crippen molar-refractivity contribution in [3.63, 3.8) is 0 Å². The Hall–Kier alpha value is -2.51. The van der Waals surface area contributed by atoms with Gasteiger partial charge in [-0.3, -0.25) is 0 Å². The second-order valence-electron chi connectivity index (χ2n) is 5.88. The van der Waals surface area contributed by atoms with Crippen LogP contribution >= 0.6 is 12.4 Å². The molecule has 154 valence electrons. The SMILES string of the molecule is COc1cccc(OC)c1OCCNC[C@@H]1COc2cccc(OC)c2O1.Cl. The minimum absolute atomic E-state index is 0. The average molecular weight is 412 g/mol. The molecule has 1 N–H and O–H groups in total. The van der Waals surface area contributed by atoms with E-state index in [2.05, 4.69) is 5.32 Å². The van der Waals surface area contributed by atoms with Crippen molar-refractivity contribution < 1.29 is 28.4 Å². The van der Waals surface area contributed by atoms with Crippen LogP contribution in [0.5, 0.6) is 34.5 Å². The van der Waals surface area contributed by atoms with Gasteiger partial charge in [0, 0.05) is 13.1 Å². The number of ether oxygens (including phenoxy) is 6. The van der Waals surface area contributed by atoms with Gasteiger partial charge in [-0.2, -0.15) is 0 Å². The molecule has 7 nitrogen and oxygen atoms in total. The van der Waals surface area contributed by atoms with Crippen LogP contribution in [0.1, 0.15) is 0 Å². The number of rotatable bonds is 9. The van der Waals surface area contributed by atoms with Crippen LogP contribution in [-0.2, 0) is 0 Å². The second kappa shape index (κ2) is 10.7. The van der Waals surface area contributed by atoms with E-state index in [1.807, 2.05) is 36.4 Å². The lowest BCUT2D eigenvalue weighted by molar-refractivity contribution is 0.0857. The molecule has 1 aliphatic rings. The molecular weight excluding hydrogens is 386 g/mol. The zero-order chi connectivity index (χ0) is 19.1. The molecule has 0 fully saturated rings. The Balaban J connectivity index is 0.00000280. The van der Waals surface area contributed by atoms with Crippen LogP contribution in [0.3, 0.4) is 0 Å². The first-order valence-electron chi connectivity index (χ1n) is 8.77. The maximum absolute atomic E-state index is 6.00. The first-order chi connectivity index (χ1) is 13.3. The minimum Gasteiger partial charge on any atom is -0.493 e. The Morgan fingerprint density at radius 1 is 0.964 bits per heavy atom. The molecule has 1 atom stereocenters. The highest BCUT2D eigenvalue weighted by Gasteiger charge is 2.23. The summed E-state index contributed by atoms with van der Waals surface area (Å²) in [6.45, 7) is 2.21. The highest BCUT2D eigenvalue weighted by Crippen LogP contribution is 2.40. The van der Waals surface area contributed by atoms with Crippen molar-refractivity contribution >= 4 is 12.4 Å². The molecule has 1 aliphatic heterocycles. The van der Waals surface area contributed by atoms with Crippen molar-refractivity contribution in [1.29, 1.82) is 0 Å². The molecule has 0 amide bonds. The Labute approximate surface area is 171 Å². The highest BCUT2D eigenvalue weighted by molar-refractivity contribution is 5.85. The molecule has 2 aromatic carbocycles. The molecular formula is C20H26ClNO6. The number of hydrogen-bond donors (Lipinski definition) is 1. The molecule has 3 rings (SSSR count). The van der Waals surface area contributed by atoms with Gasteiger partial charge in [0.1, 0.15) is 19.3 Å². The maximum atomic E-state index is 6.00. The number of benzene rings is 2. The standard InChI is InChI=1S/C20H25NO6.ClH/c1-22-15-6-4-7-16(23-2)19(15)25-11-10-21-12-14-13-26-18-9-5-8-17(24-3)20(18)27-14;/h4-9,14,21H,10-13H2,1-3H3;1H/t14-;/m1./s1. The number of fused-ring (bicyclic) bond motifs is 1. The van der Waals surface area contributed by atoms with E-state index in [-0.39, 0.29) is 18.5 Å². The number of para-hydroxylation sites is 2. The third kappa shape index (κ3) is 5.05. The number of halogens is 1. The summed E-state index contributed by atoms with van der Waals surface area (Å²) in [5.74, 6) is 3.90. The summed E-state index contributed by atoms with van der Waals surface area (Å²) in [5, 5.41) is 3.32. The first kappa shape index (κ1) is 21.8. The highest BCUT2D eigenvalue weighted by atomic mass is 35.5. The lowest BCUT2D eigenvalue weighted by Gasteiger charge is -2.27. The Morgan fingerprint density at radius 3 is 2.29 bits per heavy atom.